The summed E-state index contributed by atoms with van der Waals surface area (Å²) in [5, 5.41) is 4.76. The van der Waals surface area contributed by atoms with Crippen LogP contribution in [0.15, 0.2) is 15.2 Å². The molecule has 1 rings (SSSR count). The minimum atomic E-state index is 0.00169. The van der Waals surface area contributed by atoms with E-state index in [0.29, 0.717) is 5.92 Å². The summed E-state index contributed by atoms with van der Waals surface area (Å²) >= 11 is 4.85. The van der Waals surface area contributed by atoms with Gasteiger partial charge in [-0.2, -0.15) is 0 Å². The molecule has 0 unspecified atom stereocenters. The highest BCUT2D eigenvalue weighted by molar-refractivity contribution is 9.11. The summed E-state index contributed by atoms with van der Waals surface area (Å²) in [6, 6.07) is 1.82. The summed E-state index contributed by atoms with van der Waals surface area (Å²) in [6.07, 6.45) is 0. The second-order valence-electron chi connectivity index (χ2n) is 3.21. The summed E-state index contributed by atoms with van der Waals surface area (Å²) in [6.45, 7) is 4.87. The molecule has 0 radical (unpaired) electrons. The van der Waals surface area contributed by atoms with Gasteiger partial charge in [-0.1, -0.05) is 13.8 Å². The lowest BCUT2D eigenvalue weighted by Gasteiger charge is -2.06. The lowest BCUT2D eigenvalue weighted by Crippen LogP contribution is -2.27. The highest BCUT2D eigenvalue weighted by Crippen LogP contribution is 2.22. The fourth-order valence-electron chi connectivity index (χ4n) is 0.848. The molecule has 72 valence electrons. The maximum Gasteiger partial charge on any atom is 0.253 e. The van der Waals surface area contributed by atoms with Gasteiger partial charge in [0.1, 0.15) is 0 Å². The molecular weight excluding hydrogens is 250 g/mol. The number of rotatable bonds is 3. The Morgan fingerprint density at radius 1 is 1.69 bits per heavy atom. The van der Waals surface area contributed by atoms with E-state index >= 15 is 0 Å². The number of nitrogens with one attached hydrogen (secondary N) is 1. The number of hydrogen-bond donors (Lipinski definition) is 1. The third-order valence-electron chi connectivity index (χ3n) is 1.53. The molecule has 13 heavy (non-hydrogen) atoms. The normalized spacial score (nSPS) is 10.5. The summed E-state index contributed by atoms with van der Waals surface area (Å²) in [7, 11) is 0. The van der Waals surface area contributed by atoms with Gasteiger partial charge in [0.15, 0.2) is 0 Å². The van der Waals surface area contributed by atoms with E-state index in [2.05, 4.69) is 35.1 Å². The van der Waals surface area contributed by atoms with E-state index in [1.807, 2.05) is 11.4 Å². The SMILES string of the molecule is CC(C)CNC(=O)c1ccsc1Br. The van der Waals surface area contributed by atoms with E-state index < -0.39 is 0 Å². The number of halogens is 1. The van der Waals surface area contributed by atoms with Crippen molar-refractivity contribution in [2.24, 2.45) is 5.92 Å². The molecular formula is C9H12BrNOS. The molecule has 0 aliphatic heterocycles. The van der Waals surface area contributed by atoms with Crippen molar-refractivity contribution in [3.8, 4) is 0 Å². The van der Waals surface area contributed by atoms with Crippen LogP contribution in [0.2, 0.25) is 0 Å². The first-order valence-corrected chi connectivity index (χ1v) is 5.79. The molecule has 0 bridgehead atoms. The maximum atomic E-state index is 11.5. The van der Waals surface area contributed by atoms with Crippen LogP contribution in [-0.4, -0.2) is 12.5 Å². The number of hydrogen-bond acceptors (Lipinski definition) is 2. The molecule has 0 aliphatic rings. The van der Waals surface area contributed by atoms with Crippen molar-refractivity contribution in [1.29, 1.82) is 0 Å². The van der Waals surface area contributed by atoms with Gasteiger partial charge in [-0.3, -0.25) is 4.79 Å². The largest absolute Gasteiger partial charge is 0.352 e. The number of amides is 1. The van der Waals surface area contributed by atoms with E-state index in [4.69, 9.17) is 0 Å². The fourth-order valence-corrected chi connectivity index (χ4v) is 2.10. The van der Waals surface area contributed by atoms with E-state index in [1.54, 1.807) is 0 Å². The van der Waals surface area contributed by atoms with Gasteiger partial charge in [-0.15, -0.1) is 11.3 Å². The van der Waals surface area contributed by atoms with Crippen LogP contribution in [0, 0.1) is 5.92 Å². The molecule has 0 spiro atoms. The molecule has 4 heteroatoms. The lowest BCUT2D eigenvalue weighted by molar-refractivity contribution is 0.0949. The van der Waals surface area contributed by atoms with E-state index in [9.17, 15) is 4.79 Å². The van der Waals surface area contributed by atoms with Crippen LogP contribution in [-0.2, 0) is 0 Å². The quantitative estimate of drug-likeness (QED) is 0.891. The van der Waals surface area contributed by atoms with Gasteiger partial charge in [0.25, 0.3) is 5.91 Å². The lowest BCUT2D eigenvalue weighted by atomic mass is 10.2. The summed E-state index contributed by atoms with van der Waals surface area (Å²) < 4.78 is 0.897. The van der Waals surface area contributed by atoms with Crippen molar-refractivity contribution < 1.29 is 4.79 Å². The van der Waals surface area contributed by atoms with Gasteiger partial charge in [-0.05, 0) is 33.3 Å². The van der Waals surface area contributed by atoms with Gasteiger partial charge < -0.3 is 5.32 Å². The molecule has 2 nitrogen and oxygen atoms in total. The molecule has 0 atom stereocenters. The number of carbonyl (C=O) groups excluding carboxylic acids is 1. The Kier molecular flexibility index (Phi) is 3.93. The Morgan fingerprint density at radius 3 is 2.85 bits per heavy atom. The van der Waals surface area contributed by atoms with Crippen molar-refractivity contribution in [3.63, 3.8) is 0 Å². The predicted octanol–water partition coefficient (Wildman–Crippen LogP) is 2.90. The van der Waals surface area contributed by atoms with Gasteiger partial charge in [0.05, 0.1) is 9.35 Å². The zero-order valence-electron chi connectivity index (χ0n) is 7.63. The Balaban J connectivity index is 2.54. The average molecular weight is 262 g/mol. The molecule has 1 amide bonds. The highest BCUT2D eigenvalue weighted by atomic mass is 79.9. The van der Waals surface area contributed by atoms with Crippen LogP contribution in [0.1, 0.15) is 24.2 Å². The van der Waals surface area contributed by atoms with Crippen LogP contribution in [0.25, 0.3) is 0 Å². The zero-order valence-corrected chi connectivity index (χ0v) is 10.0. The zero-order chi connectivity index (χ0) is 9.84. The second-order valence-corrected chi connectivity index (χ2v) is 5.45. The summed E-state index contributed by atoms with van der Waals surface area (Å²) in [4.78, 5) is 11.5. The predicted molar refractivity (Wildman–Crippen MR) is 59.2 cm³/mol. The van der Waals surface area contributed by atoms with Crippen molar-refractivity contribution in [3.05, 3.63) is 20.8 Å². The minimum absolute atomic E-state index is 0.00169. The number of carbonyl (C=O) groups is 1. The Labute approximate surface area is 90.5 Å². The second kappa shape index (κ2) is 4.77. The molecule has 1 aromatic rings. The summed E-state index contributed by atoms with van der Waals surface area (Å²) in [5.41, 5.74) is 0.727. The van der Waals surface area contributed by atoms with Crippen LogP contribution in [0.4, 0.5) is 0 Å². The molecule has 0 aromatic carbocycles. The van der Waals surface area contributed by atoms with Crippen LogP contribution in [0.3, 0.4) is 0 Å². The molecule has 1 aromatic heterocycles. The Morgan fingerprint density at radius 2 is 2.38 bits per heavy atom. The maximum absolute atomic E-state index is 11.5. The van der Waals surface area contributed by atoms with Gasteiger partial charge >= 0.3 is 0 Å². The Hall–Kier alpha value is -0.350. The van der Waals surface area contributed by atoms with E-state index in [0.717, 1.165) is 15.9 Å². The molecule has 0 fully saturated rings. The van der Waals surface area contributed by atoms with Crippen molar-refractivity contribution in [2.45, 2.75) is 13.8 Å². The van der Waals surface area contributed by atoms with Crippen LogP contribution >= 0.6 is 27.3 Å². The summed E-state index contributed by atoms with van der Waals surface area (Å²) in [5.74, 6) is 0.489. The minimum Gasteiger partial charge on any atom is -0.352 e. The molecule has 0 aliphatic carbocycles. The van der Waals surface area contributed by atoms with Gasteiger partial charge in [-0.25, -0.2) is 0 Å². The molecule has 0 saturated carbocycles. The Bertz CT molecular complexity index is 296. The van der Waals surface area contributed by atoms with E-state index in [1.165, 1.54) is 11.3 Å². The van der Waals surface area contributed by atoms with Crippen molar-refractivity contribution in [1.82, 2.24) is 5.32 Å². The third kappa shape index (κ3) is 3.12. The highest BCUT2D eigenvalue weighted by Gasteiger charge is 2.10. The number of thiophene rings is 1. The molecule has 0 saturated heterocycles. The first-order chi connectivity index (χ1) is 6.11. The van der Waals surface area contributed by atoms with Crippen molar-refractivity contribution >= 4 is 33.2 Å². The van der Waals surface area contributed by atoms with Gasteiger partial charge in [0.2, 0.25) is 0 Å². The molecule has 1 heterocycles. The third-order valence-corrected chi connectivity index (χ3v) is 3.22. The first-order valence-electron chi connectivity index (χ1n) is 4.12. The molecule has 1 N–H and O–H groups in total. The van der Waals surface area contributed by atoms with Crippen LogP contribution < -0.4 is 5.32 Å². The monoisotopic (exact) mass is 261 g/mol. The van der Waals surface area contributed by atoms with Crippen molar-refractivity contribution in [2.75, 3.05) is 6.54 Å². The smallest absolute Gasteiger partial charge is 0.253 e. The first kappa shape index (κ1) is 10.7. The fraction of sp³-hybridized carbons (Fsp3) is 0.444. The van der Waals surface area contributed by atoms with Crippen LogP contribution in [0.5, 0.6) is 0 Å². The van der Waals surface area contributed by atoms with Gasteiger partial charge in [0, 0.05) is 6.54 Å². The standard InChI is InChI=1S/C9H12BrNOS/c1-6(2)5-11-9(12)7-3-4-13-8(7)10/h3-4,6H,5H2,1-2H3,(H,11,12). The average Bonchev–Trinajstić information content (AvgIpc) is 2.47. The topological polar surface area (TPSA) is 29.1 Å². The van der Waals surface area contributed by atoms with E-state index in [-0.39, 0.29) is 5.91 Å².